The minimum Gasteiger partial charge on any atom is -0.489 e. The lowest BCUT2D eigenvalue weighted by Gasteiger charge is -2.31. The van der Waals surface area contributed by atoms with Crippen molar-refractivity contribution in [2.24, 2.45) is 5.92 Å². The van der Waals surface area contributed by atoms with Crippen molar-refractivity contribution in [3.8, 4) is 5.75 Å². The molecule has 1 unspecified atom stereocenters. The number of sulfonamides is 1. The van der Waals surface area contributed by atoms with Gasteiger partial charge in [-0.3, -0.25) is 4.84 Å². The van der Waals surface area contributed by atoms with E-state index in [1.807, 2.05) is 60.7 Å². The van der Waals surface area contributed by atoms with Gasteiger partial charge in [0.15, 0.2) is 6.29 Å². The molecule has 3 aliphatic rings. The highest BCUT2D eigenvalue weighted by molar-refractivity contribution is 7.89. The van der Waals surface area contributed by atoms with E-state index < -0.39 is 40.9 Å². The Kier molecular flexibility index (Phi) is 11.1. The summed E-state index contributed by atoms with van der Waals surface area (Å²) in [5, 5.41) is 14.4. The van der Waals surface area contributed by atoms with Crippen LogP contribution in [0.4, 0.5) is 4.79 Å². The molecule has 3 aromatic rings. The number of hydroxylamine groups is 1. The van der Waals surface area contributed by atoms with Crippen molar-refractivity contribution in [2.75, 3.05) is 19.8 Å². The van der Waals surface area contributed by atoms with Crippen LogP contribution < -0.4 is 10.1 Å². The van der Waals surface area contributed by atoms with E-state index in [-0.39, 0.29) is 42.8 Å². The topological polar surface area (TPSA) is 133 Å². The highest BCUT2D eigenvalue weighted by Crippen LogP contribution is 2.33. The zero-order valence-electron chi connectivity index (χ0n) is 26.2. The summed E-state index contributed by atoms with van der Waals surface area (Å²) in [5.41, 5.74) is 1.79. The number of rotatable bonds is 14. The second kappa shape index (κ2) is 15.6. The Bertz CT molecular complexity index is 1550. The van der Waals surface area contributed by atoms with Crippen LogP contribution in [-0.2, 0) is 42.1 Å². The number of hydrogen-bond donors (Lipinski definition) is 2. The van der Waals surface area contributed by atoms with Crippen LogP contribution in [0.2, 0.25) is 0 Å². The van der Waals surface area contributed by atoms with Crippen LogP contribution in [0.25, 0.3) is 0 Å². The number of aliphatic hydroxyl groups is 1. The summed E-state index contributed by atoms with van der Waals surface area (Å²) in [6, 6.07) is 24.3. The van der Waals surface area contributed by atoms with Gasteiger partial charge in [0.1, 0.15) is 18.5 Å². The third-order valence-corrected chi connectivity index (χ3v) is 10.5. The number of ether oxygens (including phenoxy) is 4. The highest BCUT2D eigenvalue weighted by atomic mass is 32.2. The van der Waals surface area contributed by atoms with Crippen molar-refractivity contribution >= 4 is 16.1 Å². The van der Waals surface area contributed by atoms with E-state index in [0.717, 1.165) is 34.9 Å². The number of nitrogens with one attached hydrogen (secondary N) is 1. The Morgan fingerprint density at radius 3 is 2.40 bits per heavy atom. The number of aliphatic hydroxyl groups excluding tert-OH is 1. The summed E-state index contributed by atoms with van der Waals surface area (Å²) in [4.78, 5) is 19.2. The van der Waals surface area contributed by atoms with Crippen molar-refractivity contribution < 1.29 is 42.1 Å². The molecule has 0 bridgehead atoms. The number of hydrogen-bond acceptors (Lipinski definition) is 9. The number of carbonyl (C=O) groups excluding carboxylic acids is 1. The minimum absolute atomic E-state index is 0.0326. The predicted molar refractivity (Wildman–Crippen MR) is 172 cm³/mol. The van der Waals surface area contributed by atoms with Crippen LogP contribution in [0.5, 0.6) is 5.75 Å². The molecule has 5 atom stereocenters. The molecule has 0 spiro atoms. The second-order valence-electron chi connectivity index (χ2n) is 12.2. The van der Waals surface area contributed by atoms with E-state index in [9.17, 15) is 18.3 Å². The highest BCUT2D eigenvalue weighted by Gasteiger charge is 2.44. The van der Waals surface area contributed by atoms with E-state index in [1.165, 1.54) is 12.1 Å². The van der Waals surface area contributed by atoms with Gasteiger partial charge in [-0.15, -0.1) is 0 Å². The maximum absolute atomic E-state index is 14.1. The van der Waals surface area contributed by atoms with E-state index in [1.54, 1.807) is 12.1 Å². The largest absolute Gasteiger partial charge is 0.489 e. The number of nitrogens with zero attached hydrogens (tertiary/aromatic N) is 1. The quantitative estimate of drug-likeness (QED) is 0.237. The number of amides is 1. The first-order valence-electron chi connectivity index (χ1n) is 16.2. The van der Waals surface area contributed by atoms with Gasteiger partial charge < -0.3 is 29.4 Å². The third-order valence-electron chi connectivity index (χ3n) is 8.83. The molecule has 12 heteroatoms. The third kappa shape index (κ3) is 8.69. The first-order chi connectivity index (χ1) is 22.8. The van der Waals surface area contributed by atoms with Crippen LogP contribution in [0.3, 0.4) is 0 Å². The van der Waals surface area contributed by atoms with Gasteiger partial charge in [0.25, 0.3) is 10.0 Å². The predicted octanol–water partition coefficient (Wildman–Crippen LogP) is 4.59. The summed E-state index contributed by atoms with van der Waals surface area (Å²) in [6.07, 6.45) is 0.963. The number of fused-ring (bicyclic) bond motifs is 1. The van der Waals surface area contributed by atoms with Gasteiger partial charge in [0.2, 0.25) is 0 Å². The van der Waals surface area contributed by atoms with Gasteiger partial charge in [-0.1, -0.05) is 84.0 Å². The number of benzene rings is 3. The van der Waals surface area contributed by atoms with E-state index in [0.29, 0.717) is 25.2 Å². The molecule has 2 N–H and O–H groups in total. The SMILES string of the molecule is O=C(NC(Cc1ccccc1)[C@H](O)CN(OC1CCCC1)S(=O)(=O)c1cccc(OCc2ccccc2)c1)O[C@H]1CO[C@H]2OCC[C@H]21. The fourth-order valence-corrected chi connectivity index (χ4v) is 7.58. The molecule has 2 heterocycles. The van der Waals surface area contributed by atoms with E-state index >= 15 is 0 Å². The Balaban J connectivity index is 1.19. The Hall–Kier alpha value is -3.52. The van der Waals surface area contributed by atoms with Crippen molar-refractivity contribution in [2.45, 2.75) is 80.7 Å². The van der Waals surface area contributed by atoms with Gasteiger partial charge in [-0.05, 0) is 48.9 Å². The molecule has 2 saturated heterocycles. The first-order valence-corrected chi connectivity index (χ1v) is 17.7. The smallest absolute Gasteiger partial charge is 0.407 e. The van der Waals surface area contributed by atoms with Crippen molar-refractivity contribution in [1.82, 2.24) is 9.79 Å². The molecule has 1 amide bonds. The fourth-order valence-electron chi connectivity index (χ4n) is 6.24. The van der Waals surface area contributed by atoms with Gasteiger partial charge in [-0.25, -0.2) is 13.2 Å². The van der Waals surface area contributed by atoms with Gasteiger partial charge in [0.05, 0.1) is 48.8 Å². The first kappa shape index (κ1) is 33.4. The Morgan fingerprint density at radius 1 is 0.936 bits per heavy atom. The Labute approximate surface area is 275 Å². The Morgan fingerprint density at radius 2 is 1.66 bits per heavy atom. The van der Waals surface area contributed by atoms with Crippen LogP contribution in [0, 0.1) is 5.92 Å². The molecule has 2 aliphatic heterocycles. The zero-order valence-corrected chi connectivity index (χ0v) is 27.0. The maximum atomic E-state index is 14.1. The minimum atomic E-state index is -4.26. The molecule has 47 heavy (non-hydrogen) atoms. The zero-order chi connectivity index (χ0) is 32.6. The summed E-state index contributed by atoms with van der Waals surface area (Å²) in [5.74, 6) is 0.333. The molecule has 1 saturated carbocycles. The second-order valence-corrected chi connectivity index (χ2v) is 14.1. The maximum Gasteiger partial charge on any atom is 0.407 e. The van der Waals surface area contributed by atoms with Crippen molar-refractivity contribution in [3.05, 3.63) is 96.1 Å². The molecule has 252 valence electrons. The molecule has 1 aliphatic carbocycles. The summed E-state index contributed by atoms with van der Waals surface area (Å²) < 4.78 is 51.9. The lowest BCUT2D eigenvalue weighted by atomic mass is 10.0. The molecule has 3 fully saturated rings. The molecule has 3 aromatic carbocycles. The van der Waals surface area contributed by atoms with Gasteiger partial charge >= 0.3 is 6.09 Å². The van der Waals surface area contributed by atoms with Crippen molar-refractivity contribution in [1.29, 1.82) is 0 Å². The standard InChI is InChI=1S/C35H42N2O9S/c38-32(31(20-25-10-3-1-4-11-25)36-35(39)45-33-24-44-34-30(33)18-19-42-34)22-37(46-27-14-7-8-15-27)47(40,41)29-17-9-16-28(21-29)43-23-26-12-5-2-6-13-26/h1-6,9-13,16-17,21,27,30-34,38H,7-8,14-15,18-20,22-24H2,(H,36,39)/t30-,31?,32+,33-,34+/m0/s1. The van der Waals surface area contributed by atoms with E-state index in [2.05, 4.69) is 5.32 Å². The lowest BCUT2D eigenvalue weighted by Crippen LogP contribution is -2.51. The monoisotopic (exact) mass is 666 g/mol. The average Bonchev–Trinajstić information content (AvgIpc) is 3.85. The van der Waals surface area contributed by atoms with Gasteiger partial charge in [0, 0.05) is 6.07 Å². The molecule has 0 radical (unpaired) electrons. The average molecular weight is 667 g/mol. The fraction of sp³-hybridized carbons (Fsp3) is 0.457. The number of alkyl carbamates (subject to hydrolysis) is 1. The molecule has 0 aromatic heterocycles. The van der Waals surface area contributed by atoms with Crippen LogP contribution >= 0.6 is 0 Å². The molecule has 11 nitrogen and oxygen atoms in total. The molecular weight excluding hydrogens is 624 g/mol. The normalized spacial score (nSPS) is 22.6. The van der Waals surface area contributed by atoms with Crippen LogP contribution in [0.1, 0.15) is 43.2 Å². The summed E-state index contributed by atoms with van der Waals surface area (Å²) >= 11 is 0. The van der Waals surface area contributed by atoms with Crippen LogP contribution in [0.15, 0.2) is 89.8 Å². The lowest BCUT2D eigenvalue weighted by molar-refractivity contribution is -0.145. The molecule has 6 rings (SSSR count). The summed E-state index contributed by atoms with van der Waals surface area (Å²) in [6.45, 7) is 0.621. The van der Waals surface area contributed by atoms with Gasteiger partial charge in [-0.2, -0.15) is 0 Å². The summed E-state index contributed by atoms with van der Waals surface area (Å²) in [7, 11) is -4.26. The molecular formula is C35H42N2O9S. The van der Waals surface area contributed by atoms with E-state index in [4.69, 9.17) is 23.8 Å². The van der Waals surface area contributed by atoms with Crippen LogP contribution in [-0.4, -0.2) is 74.5 Å². The van der Waals surface area contributed by atoms with Crippen molar-refractivity contribution in [3.63, 3.8) is 0 Å². The number of carbonyl (C=O) groups is 1.